The van der Waals surface area contributed by atoms with Crippen molar-refractivity contribution in [3.05, 3.63) is 75.5 Å². The minimum absolute atomic E-state index is 0.254. The molecule has 0 radical (unpaired) electrons. The highest BCUT2D eigenvalue weighted by atomic mass is 35.5. The third-order valence-electron chi connectivity index (χ3n) is 3.73. The van der Waals surface area contributed by atoms with E-state index in [1.807, 2.05) is 30.3 Å². The number of aromatic amines is 1. The van der Waals surface area contributed by atoms with Crippen molar-refractivity contribution in [2.75, 3.05) is 0 Å². The molecule has 2 aromatic heterocycles. The second-order valence-corrected chi connectivity index (χ2v) is 5.93. The van der Waals surface area contributed by atoms with E-state index < -0.39 is 0 Å². The molecule has 7 heteroatoms. The van der Waals surface area contributed by atoms with Gasteiger partial charge in [0.1, 0.15) is 6.33 Å². The zero-order valence-electron chi connectivity index (χ0n) is 12.2. The molecule has 0 aliphatic carbocycles. The van der Waals surface area contributed by atoms with Gasteiger partial charge in [-0.1, -0.05) is 53.5 Å². The van der Waals surface area contributed by atoms with E-state index in [2.05, 4.69) is 15.0 Å². The van der Waals surface area contributed by atoms with Gasteiger partial charge in [-0.05, 0) is 17.7 Å². The van der Waals surface area contributed by atoms with Crippen LogP contribution in [0.2, 0.25) is 10.0 Å². The third-order valence-corrected chi connectivity index (χ3v) is 4.43. The van der Waals surface area contributed by atoms with Crippen LogP contribution >= 0.6 is 23.2 Å². The second-order valence-electron chi connectivity index (χ2n) is 5.14. The Labute approximate surface area is 146 Å². The van der Waals surface area contributed by atoms with E-state index in [1.54, 1.807) is 16.7 Å². The summed E-state index contributed by atoms with van der Waals surface area (Å²) in [5.41, 5.74) is 2.67. The predicted octanol–water partition coefficient (Wildman–Crippen LogP) is 4.08. The summed E-state index contributed by atoms with van der Waals surface area (Å²) in [6.07, 6.45) is 2.86. The predicted molar refractivity (Wildman–Crippen MR) is 94.9 cm³/mol. The minimum Gasteiger partial charge on any atom is -0.311 e. The van der Waals surface area contributed by atoms with Gasteiger partial charge in [0, 0.05) is 5.56 Å². The average Bonchev–Trinajstić information content (AvgIpc) is 3.01. The monoisotopic (exact) mass is 356 g/mol. The molecule has 0 saturated carbocycles. The van der Waals surface area contributed by atoms with Gasteiger partial charge >= 0.3 is 0 Å². The van der Waals surface area contributed by atoms with Crippen molar-refractivity contribution in [1.29, 1.82) is 0 Å². The van der Waals surface area contributed by atoms with E-state index in [0.29, 0.717) is 21.4 Å². The number of hydrogen-bond donors (Lipinski definition) is 1. The Balaban J connectivity index is 2.00. The van der Waals surface area contributed by atoms with E-state index in [1.165, 1.54) is 12.7 Å². The highest BCUT2D eigenvalue weighted by Gasteiger charge is 2.16. The topological polar surface area (TPSA) is 63.6 Å². The van der Waals surface area contributed by atoms with Crippen molar-refractivity contribution in [2.24, 2.45) is 0 Å². The largest absolute Gasteiger partial charge is 0.311 e. The van der Waals surface area contributed by atoms with Crippen LogP contribution in [-0.2, 0) is 0 Å². The number of fused-ring (bicyclic) bond motifs is 1. The van der Waals surface area contributed by atoms with Crippen LogP contribution in [0, 0.1) is 0 Å². The number of imidazole rings is 1. The summed E-state index contributed by atoms with van der Waals surface area (Å²) in [4.78, 5) is 22.7. The first-order valence-corrected chi connectivity index (χ1v) is 7.87. The van der Waals surface area contributed by atoms with Crippen molar-refractivity contribution in [3.63, 3.8) is 0 Å². The number of aromatic nitrogens is 4. The number of benzene rings is 2. The summed E-state index contributed by atoms with van der Waals surface area (Å²) in [6, 6.07) is 13.2. The summed E-state index contributed by atoms with van der Waals surface area (Å²) in [5, 5.41) is 1.01. The molecular formula is C17H10Cl2N4O. The van der Waals surface area contributed by atoms with Gasteiger partial charge in [-0.25, -0.2) is 9.97 Å². The fourth-order valence-electron chi connectivity index (χ4n) is 2.62. The summed E-state index contributed by atoms with van der Waals surface area (Å²) < 4.78 is 1.68. The Morgan fingerprint density at radius 2 is 1.79 bits per heavy atom. The molecule has 0 bridgehead atoms. The van der Waals surface area contributed by atoms with Gasteiger partial charge in [0.25, 0.3) is 5.56 Å². The van der Waals surface area contributed by atoms with E-state index in [9.17, 15) is 4.79 Å². The van der Waals surface area contributed by atoms with E-state index >= 15 is 0 Å². The van der Waals surface area contributed by atoms with Crippen LogP contribution < -0.4 is 5.56 Å². The van der Waals surface area contributed by atoms with Crippen molar-refractivity contribution >= 4 is 34.4 Å². The first-order chi connectivity index (χ1) is 11.7. The standard InChI is InChI=1S/C17H10Cl2N4O/c18-11-6-7-12(14(19)13(11)10-4-2-1-3-5-10)23-9-22-15-16(23)20-8-21-17(15)24/h1-9H,(H,20,21,24). The van der Waals surface area contributed by atoms with Crippen LogP contribution in [0.4, 0.5) is 0 Å². The fourth-order valence-corrected chi connectivity index (χ4v) is 3.30. The second kappa shape index (κ2) is 5.78. The molecule has 4 rings (SSSR count). The Bertz CT molecular complexity index is 1100. The minimum atomic E-state index is -0.299. The Hall–Kier alpha value is -2.63. The molecule has 0 unspecified atom stereocenters. The average molecular weight is 357 g/mol. The Kier molecular flexibility index (Phi) is 3.59. The van der Waals surface area contributed by atoms with Crippen LogP contribution in [-0.4, -0.2) is 19.5 Å². The quantitative estimate of drug-likeness (QED) is 0.588. The number of H-pyrrole nitrogens is 1. The molecule has 0 fully saturated rings. The molecule has 5 nitrogen and oxygen atoms in total. The molecule has 24 heavy (non-hydrogen) atoms. The maximum absolute atomic E-state index is 11.8. The Morgan fingerprint density at radius 3 is 2.58 bits per heavy atom. The SMILES string of the molecule is O=c1[nH]cnc2c1ncn2-c1ccc(Cl)c(-c2ccccc2)c1Cl. The summed E-state index contributed by atoms with van der Waals surface area (Å²) in [6.45, 7) is 0. The van der Waals surface area contributed by atoms with Gasteiger partial charge in [0.05, 0.1) is 22.1 Å². The van der Waals surface area contributed by atoms with Crippen molar-refractivity contribution in [1.82, 2.24) is 19.5 Å². The molecule has 0 amide bonds. The fraction of sp³-hybridized carbons (Fsp3) is 0. The van der Waals surface area contributed by atoms with Gasteiger partial charge < -0.3 is 4.98 Å². The molecule has 0 spiro atoms. The van der Waals surface area contributed by atoms with Crippen molar-refractivity contribution in [2.45, 2.75) is 0 Å². The summed E-state index contributed by atoms with van der Waals surface area (Å²) in [5.74, 6) is 0. The van der Waals surface area contributed by atoms with Crippen LogP contribution in [0.3, 0.4) is 0 Å². The first-order valence-electron chi connectivity index (χ1n) is 7.11. The van der Waals surface area contributed by atoms with Gasteiger partial charge in [0.2, 0.25) is 0 Å². The number of nitrogens with one attached hydrogen (secondary N) is 1. The maximum atomic E-state index is 11.8. The highest BCUT2D eigenvalue weighted by molar-refractivity contribution is 6.40. The molecule has 2 aromatic carbocycles. The molecule has 0 saturated heterocycles. The lowest BCUT2D eigenvalue weighted by atomic mass is 10.0. The molecule has 4 aromatic rings. The molecule has 2 heterocycles. The van der Waals surface area contributed by atoms with Crippen molar-refractivity contribution in [3.8, 4) is 16.8 Å². The highest BCUT2D eigenvalue weighted by Crippen LogP contribution is 2.38. The van der Waals surface area contributed by atoms with Crippen molar-refractivity contribution < 1.29 is 0 Å². The van der Waals surface area contributed by atoms with E-state index in [0.717, 1.165) is 11.1 Å². The number of nitrogens with zero attached hydrogens (tertiary/aromatic N) is 3. The van der Waals surface area contributed by atoms with Gasteiger partial charge in [-0.3, -0.25) is 9.36 Å². The van der Waals surface area contributed by atoms with Crippen LogP contribution in [0.25, 0.3) is 28.0 Å². The van der Waals surface area contributed by atoms with Crippen LogP contribution in [0.1, 0.15) is 0 Å². The first kappa shape index (κ1) is 14.9. The zero-order valence-corrected chi connectivity index (χ0v) is 13.7. The van der Waals surface area contributed by atoms with E-state index in [4.69, 9.17) is 23.2 Å². The lowest BCUT2D eigenvalue weighted by molar-refractivity contribution is 1.06. The third kappa shape index (κ3) is 2.29. The molecule has 0 aliphatic heterocycles. The smallest absolute Gasteiger partial charge is 0.278 e. The number of hydrogen-bond acceptors (Lipinski definition) is 3. The lowest BCUT2D eigenvalue weighted by Crippen LogP contribution is -2.07. The normalized spacial score (nSPS) is 11.1. The number of halogens is 2. The van der Waals surface area contributed by atoms with Gasteiger partial charge in [0.15, 0.2) is 11.2 Å². The van der Waals surface area contributed by atoms with Crippen LogP contribution in [0.5, 0.6) is 0 Å². The lowest BCUT2D eigenvalue weighted by Gasteiger charge is -2.13. The summed E-state index contributed by atoms with van der Waals surface area (Å²) >= 11 is 13.0. The van der Waals surface area contributed by atoms with Gasteiger partial charge in [-0.2, -0.15) is 0 Å². The Morgan fingerprint density at radius 1 is 1.00 bits per heavy atom. The molecular weight excluding hydrogens is 347 g/mol. The summed E-state index contributed by atoms with van der Waals surface area (Å²) in [7, 11) is 0. The molecule has 0 aliphatic rings. The molecule has 0 atom stereocenters. The molecule has 1 N–H and O–H groups in total. The van der Waals surface area contributed by atoms with Crippen LogP contribution in [0.15, 0.2) is 59.9 Å². The number of rotatable bonds is 2. The zero-order chi connectivity index (χ0) is 16.7. The molecule has 118 valence electrons. The van der Waals surface area contributed by atoms with Gasteiger partial charge in [-0.15, -0.1) is 0 Å². The van der Waals surface area contributed by atoms with E-state index in [-0.39, 0.29) is 11.1 Å². The maximum Gasteiger partial charge on any atom is 0.278 e.